The van der Waals surface area contributed by atoms with Crippen molar-refractivity contribution in [2.75, 3.05) is 19.8 Å². The van der Waals surface area contributed by atoms with Crippen molar-refractivity contribution in [3.63, 3.8) is 0 Å². The zero-order valence-corrected chi connectivity index (χ0v) is 27.2. The van der Waals surface area contributed by atoms with Crippen molar-refractivity contribution in [2.45, 2.75) is 86.0 Å². The molecule has 3 aliphatic rings. The lowest BCUT2D eigenvalue weighted by Crippen LogP contribution is -2.64. The first-order chi connectivity index (χ1) is 25.1. The molecule has 6 unspecified atom stereocenters. The standard InChI is InChI=1S/C32H38O21/c33-6-16-20(40)23(43)26(46)31(50-16)49-14-3-9(1-2-11(14)36)27-28(22(42)18-12(37)4-10(35)5-15(18)48-27)52-32-29(24(44)21(41)17(7-34)51-32)53-30-25(45)19(39)13(38)8-47-30/h1-5,13,16-17,19-21,23-26,29-41,43-46H,6-8H2/t13-,16?,17?,19?,20-,21-,23+,24?,25-,26?,29?,30+,31-,32+/m1/s1. The van der Waals surface area contributed by atoms with Gasteiger partial charge in [0.1, 0.15) is 83.5 Å². The van der Waals surface area contributed by atoms with Crippen molar-refractivity contribution < 1.29 is 99.2 Å². The summed E-state index contributed by atoms with van der Waals surface area (Å²) >= 11 is 0. The summed E-state index contributed by atoms with van der Waals surface area (Å²) in [6.45, 7) is -2.21. The number of phenolic OH excluding ortho intramolecular Hbond substituents is 3. The van der Waals surface area contributed by atoms with Crippen molar-refractivity contribution in [1.82, 2.24) is 0 Å². The number of hydrogen-bond acceptors (Lipinski definition) is 21. The lowest BCUT2D eigenvalue weighted by atomic mass is 9.98. The molecule has 0 bridgehead atoms. The van der Waals surface area contributed by atoms with Crippen molar-refractivity contribution in [1.29, 1.82) is 0 Å². The van der Waals surface area contributed by atoms with Crippen LogP contribution >= 0.6 is 0 Å². The van der Waals surface area contributed by atoms with Gasteiger partial charge in [0.25, 0.3) is 0 Å². The van der Waals surface area contributed by atoms with Gasteiger partial charge in [-0.25, -0.2) is 0 Å². The van der Waals surface area contributed by atoms with E-state index in [1.165, 1.54) is 6.07 Å². The topological polar surface area (TPSA) is 349 Å². The van der Waals surface area contributed by atoms with Gasteiger partial charge in [0, 0.05) is 17.7 Å². The van der Waals surface area contributed by atoms with Crippen LogP contribution in [0.2, 0.25) is 0 Å². The molecule has 1 aromatic heterocycles. The highest BCUT2D eigenvalue weighted by molar-refractivity contribution is 5.88. The van der Waals surface area contributed by atoms with Crippen LogP contribution in [0.25, 0.3) is 22.3 Å². The van der Waals surface area contributed by atoms with Crippen molar-refractivity contribution in [2.24, 2.45) is 0 Å². The number of phenols is 3. The van der Waals surface area contributed by atoms with Gasteiger partial charge in [-0.1, -0.05) is 0 Å². The van der Waals surface area contributed by atoms with E-state index in [9.17, 15) is 71.2 Å². The van der Waals surface area contributed by atoms with Gasteiger partial charge in [0.15, 0.2) is 29.7 Å². The zero-order chi connectivity index (χ0) is 38.5. The molecule has 0 aliphatic carbocycles. The van der Waals surface area contributed by atoms with E-state index in [1.807, 2.05) is 0 Å². The lowest BCUT2D eigenvalue weighted by molar-refractivity contribution is -0.345. The summed E-state index contributed by atoms with van der Waals surface area (Å²) in [5, 5.41) is 133. The molecule has 14 atom stereocenters. The molecule has 0 spiro atoms. The van der Waals surface area contributed by atoms with Gasteiger partial charge in [-0.3, -0.25) is 4.79 Å². The molecule has 21 nitrogen and oxygen atoms in total. The van der Waals surface area contributed by atoms with E-state index >= 15 is 0 Å². The summed E-state index contributed by atoms with van der Waals surface area (Å²) < 4.78 is 39.3. The number of rotatable bonds is 9. The normalized spacial score (nSPS) is 36.3. The molecular weight excluding hydrogens is 720 g/mol. The van der Waals surface area contributed by atoms with Crippen molar-refractivity contribution in [3.8, 4) is 40.1 Å². The van der Waals surface area contributed by atoms with Crippen LogP contribution in [0.3, 0.4) is 0 Å². The van der Waals surface area contributed by atoms with Crippen LogP contribution in [0.15, 0.2) is 39.5 Å². The molecule has 3 saturated heterocycles. The highest BCUT2D eigenvalue weighted by atomic mass is 16.8. The van der Waals surface area contributed by atoms with E-state index in [0.717, 1.165) is 24.3 Å². The maximum atomic E-state index is 14.1. The SMILES string of the molecule is O=c1c(O[C@@H]2OC(CO)[C@@H](O)C(O)C2O[C@@H]2OC[C@@H](O)C(O)[C@H]2O)c(-c2ccc(O)c(O[C@@H]3OC(CO)[C@@H](O)[C@H](O)C3O)c2)oc2cc(O)cc(O)c12. The Morgan fingerprint density at radius 2 is 1.32 bits per heavy atom. The van der Waals surface area contributed by atoms with Crippen molar-refractivity contribution >= 4 is 11.0 Å². The number of fused-ring (bicyclic) bond motifs is 1. The highest BCUT2D eigenvalue weighted by Gasteiger charge is 2.50. The molecule has 53 heavy (non-hydrogen) atoms. The maximum Gasteiger partial charge on any atom is 0.239 e. The summed E-state index contributed by atoms with van der Waals surface area (Å²) in [5.41, 5.74) is -1.68. The molecule has 0 radical (unpaired) electrons. The third-order valence-electron chi connectivity index (χ3n) is 9.04. The highest BCUT2D eigenvalue weighted by Crippen LogP contribution is 2.41. The summed E-state index contributed by atoms with van der Waals surface area (Å²) in [4.78, 5) is 14.1. The quantitative estimate of drug-likeness (QED) is 0.0976. The maximum absolute atomic E-state index is 14.1. The molecule has 3 aromatic rings. The largest absolute Gasteiger partial charge is 0.508 e. The number of benzene rings is 2. The number of hydrogen-bond donors (Lipinski definition) is 13. The van der Waals surface area contributed by atoms with Crippen LogP contribution in [0.5, 0.6) is 28.7 Å². The van der Waals surface area contributed by atoms with E-state index in [1.54, 1.807) is 0 Å². The second kappa shape index (κ2) is 15.4. The van der Waals surface area contributed by atoms with Crippen LogP contribution in [0.1, 0.15) is 0 Å². The summed E-state index contributed by atoms with van der Waals surface area (Å²) in [6.07, 6.45) is -24.8. The molecule has 3 fully saturated rings. The Labute approximate surface area is 296 Å². The fourth-order valence-electron chi connectivity index (χ4n) is 6.07. The smallest absolute Gasteiger partial charge is 0.239 e. The summed E-state index contributed by atoms with van der Waals surface area (Å²) in [6, 6.07) is 5.05. The first-order valence-electron chi connectivity index (χ1n) is 16.1. The fourth-order valence-corrected chi connectivity index (χ4v) is 6.07. The molecule has 3 aliphatic heterocycles. The first kappa shape index (κ1) is 38.8. The predicted octanol–water partition coefficient (Wildman–Crippen LogP) is -4.60. The molecule has 0 amide bonds. The Hall–Kier alpha value is -3.91. The molecule has 13 N–H and O–H groups in total. The minimum Gasteiger partial charge on any atom is -0.508 e. The van der Waals surface area contributed by atoms with Gasteiger partial charge < -0.3 is 99.2 Å². The Bertz CT molecular complexity index is 1820. The Balaban J connectivity index is 1.43. The number of aliphatic hydroxyl groups excluding tert-OH is 10. The average Bonchev–Trinajstić information content (AvgIpc) is 3.12. The predicted molar refractivity (Wildman–Crippen MR) is 168 cm³/mol. The van der Waals surface area contributed by atoms with Gasteiger partial charge in [-0.15, -0.1) is 0 Å². The monoisotopic (exact) mass is 758 g/mol. The fraction of sp³-hybridized carbons (Fsp3) is 0.531. The second-order valence-corrected chi connectivity index (χ2v) is 12.6. The minimum absolute atomic E-state index is 0.157. The third-order valence-corrected chi connectivity index (χ3v) is 9.04. The van der Waals surface area contributed by atoms with Crippen LogP contribution in [-0.4, -0.2) is 172 Å². The first-order valence-corrected chi connectivity index (χ1v) is 16.1. The van der Waals surface area contributed by atoms with Crippen LogP contribution in [-0.2, 0) is 18.9 Å². The second-order valence-electron chi connectivity index (χ2n) is 12.6. The Morgan fingerprint density at radius 3 is 2.00 bits per heavy atom. The molecule has 21 heteroatoms. The van der Waals surface area contributed by atoms with E-state index in [-0.39, 0.29) is 5.56 Å². The number of aliphatic hydroxyl groups is 10. The van der Waals surface area contributed by atoms with Crippen LogP contribution in [0, 0.1) is 0 Å². The van der Waals surface area contributed by atoms with Gasteiger partial charge in [0.05, 0.1) is 19.8 Å². The van der Waals surface area contributed by atoms with E-state index in [2.05, 4.69) is 0 Å². The van der Waals surface area contributed by atoms with Gasteiger partial charge in [0.2, 0.25) is 23.8 Å². The lowest BCUT2D eigenvalue weighted by Gasteiger charge is -2.44. The van der Waals surface area contributed by atoms with Crippen molar-refractivity contribution in [3.05, 3.63) is 40.6 Å². The van der Waals surface area contributed by atoms with Crippen LogP contribution < -0.4 is 14.9 Å². The van der Waals surface area contributed by atoms with Crippen LogP contribution in [0.4, 0.5) is 0 Å². The zero-order valence-electron chi connectivity index (χ0n) is 27.2. The molecule has 292 valence electrons. The molecule has 6 rings (SSSR count). The Morgan fingerprint density at radius 1 is 0.679 bits per heavy atom. The average molecular weight is 759 g/mol. The van der Waals surface area contributed by atoms with E-state index in [0.29, 0.717) is 0 Å². The molecular formula is C32H38O21. The van der Waals surface area contributed by atoms with E-state index in [4.69, 9.17) is 32.8 Å². The summed E-state index contributed by atoms with van der Waals surface area (Å²) in [7, 11) is 0. The molecule has 4 heterocycles. The number of ether oxygens (including phenoxy) is 6. The van der Waals surface area contributed by atoms with Gasteiger partial charge in [-0.2, -0.15) is 0 Å². The van der Waals surface area contributed by atoms with Gasteiger partial charge >= 0.3 is 0 Å². The molecule has 2 aromatic carbocycles. The Kier molecular flexibility index (Phi) is 11.3. The number of aromatic hydroxyl groups is 3. The van der Waals surface area contributed by atoms with E-state index < -0.39 is 157 Å². The third kappa shape index (κ3) is 7.33. The minimum atomic E-state index is -1.99. The summed E-state index contributed by atoms with van der Waals surface area (Å²) in [5.74, 6) is -3.69. The molecule has 0 saturated carbocycles. The van der Waals surface area contributed by atoms with Gasteiger partial charge in [-0.05, 0) is 18.2 Å².